The second-order valence-corrected chi connectivity index (χ2v) is 4.67. The molecule has 104 valence electrons. The number of nitrogens with two attached hydrogens (primary N) is 2. The molecule has 0 bridgehead atoms. The fraction of sp³-hybridized carbons (Fsp3) is 0.200. The van der Waals surface area contributed by atoms with Gasteiger partial charge < -0.3 is 16.4 Å². The number of carbonyl (C=O) groups is 1. The summed E-state index contributed by atoms with van der Waals surface area (Å²) in [5.74, 6) is -0.469. The molecule has 1 amide bonds. The molecule has 0 aliphatic heterocycles. The Morgan fingerprint density at radius 1 is 1.25 bits per heavy atom. The highest BCUT2D eigenvalue weighted by atomic mass is 16.1. The standard InChI is InChI=1S/C15H18N4O/c1-19(9-6-11-4-7-18-8-5-11)14-3-2-12(16)10-13(14)15(17)20/h2-5,7-8,10H,6,9,16H2,1H3,(H2,17,20). The van der Waals surface area contributed by atoms with E-state index < -0.39 is 5.91 Å². The molecule has 20 heavy (non-hydrogen) atoms. The molecule has 2 aromatic rings. The molecule has 4 N–H and O–H groups in total. The summed E-state index contributed by atoms with van der Waals surface area (Å²) in [5.41, 5.74) is 14.1. The molecular formula is C15H18N4O. The molecule has 0 saturated heterocycles. The van der Waals surface area contributed by atoms with Crippen molar-refractivity contribution in [3.8, 4) is 0 Å². The quantitative estimate of drug-likeness (QED) is 0.805. The number of amides is 1. The molecule has 0 fully saturated rings. The Hall–Kier alpha value is -2.56. The summed E-state index contributed by atoms with van der Waals surface area (Å²) in [7, 11) is 1.93. The molecule has 1 heterocycles. The maximum absolute atomic E-state index is 11.5. The average Bonchev–Trinajstić information content (AvgIpc) is 2.45. The average molecular weight is 270 g/mol. The van der Waals surface area contributed by atoms with E-state index in [4.69, 9.17) is 11.5 Å². The number of rotatable bonds is 5. The van der Waals surface area contributed by atoms with Crippen molar-refractivity contribution >= 4 is 17.3 Å². The first-order valence-electron chi connectivity index (χ1n) is 6.37. The maximum atomic E-state index is 11.5. The number of benzene rings is 1. The van der Waals surface area contributed by atoms with E-state index in [1.54, 1.807) is 24.5 Å². The smallest absolute Gasteiger partial charge is 0.250 e. The predicted molar refractivity (Wildman–Crippen MR) is 80.6 cm³/mol. The van der Waals surface area contributed by atoms with E-state index in [-0.39, 0.29) is 0 Å². The van der Waals surface area contributed by atoms with E-state index in [1.165, 1.54) is 5.56 Å². The lowest BCUT2D eigenvalue weighted by Gasteiger charge is -2.21. The minimum Gasteiger partial charge on any atom is -0.399 e. The fourth-order valence-electron chi connectivity index (χ4n) is 2.05. The van der Waals surface area contributed by atoms with Crippen molar-refractivity contribution in [1.82, 2.24) is 4.98 Å². The third-order valence-corrected chi connectivity index (χ3v) is 3.18. The van der Waals surface area contributed by atoms with Crippen molar-refractivity contribution in [2.75, 3.05) is 24.2 Å². The molecule has 0 aliphatic carbocycles. The zero-order chi connectivity index (χ0) is 14.5. The van der Waals surface area contributed by atoms with Crippen molar-refractivity contribution in [2.45, 2.75) is 6.42 Å². The van der Waals surface area contributed by atoms with Crippen LogP contribution in [0.5, 0.6) is 0 Å². The molecule has 0 saturated carbocycles. The van der Waals surface area contributed by atoms with Crippen molar-refractivity contribution in [2.24, 2.45) is 5.73 Å². The van der Waals surface area contributed by atoms with Crippen LogP contribution in [0.15, 0.2) is 42.7 Å². The lowest BCUT2D eigenvalue weighted by atomic mass is 10.1. The Balaban J connectivity index is 2.13. The highest BCUT2D eigenvalue weighted by molar-refractivity contribution is 5.99. The Morgan fingerprint density at radius 3 is 2.60 bits per heavy atom. The molecule has 5 heteroatoms. The summed E-state index contributed by atoms with van der Waals surface area (Å²) in [6.45, 7) is 0.772. The van der Waals surface area contributed by atoms with Gasteiger partial charge >= 0.3 is 0 Å². The number of pyridine rings is 1. The SMILES string of the molecule is CN(CCc1ccncc1)c1ccc(N)cc1C(N)=O. The van der Waals surface area contributed by atoms with Gasteiger partial charge in [-0.15, -0.1) is 0 Å². The van der Waals surface area contributed by atoms with Gasteiger partial charge in [0.2, 0.25) is 0 Å². The van der Waals surface area contributed by atoms with E-state index in [1.807, 2.05) is 30.1 Å². The number of primary amides is 1. The Bertz CT molecular complexity index is 598. The van der Waals surface area contributed by atoms with Crippen molar-refractivity contribution < 1.29 is 4.79 Å². The number of aromatic nitrogens is 1. The summed E-state index contributed by atoms with van der Waals surface area (Å²) in [6.07, 6.45) is 4.41. The number of likely N-dealkylation sites (N-methyl/N-ethyl adjacent to an activating group) is 1. The number of nitrogen functional groups attached to an aromatic ring is 1. The topological polar surface area (TPSA) is 85.2 Å². The molecule has 0 atom stereocenters. The number of hydrogen-bond donors (Lipinski definition) is 2. The van der Waals surface area contributed by atoms with Crippen molar-refractivity contribution in [1.29, 1.82) is 0 Å². The van der Waals surface area contributed by atoms with Crippen LogP contribution in [0.25, 0.3) is 0 Å². The largest absolute Gasteiger partial charge is 0.399 e. The first kappa shape index (κ1) is 13.9. The second kappa shape index (κ2) is 6.06. The van der Waals surface area contributed by atoms with E-state index in [0.717, 1.165) is 18.7 Å². The van der Waals surface area contributed by atoms with Gasteiger partial charge in [-0.25, -0.2) is 0 Å². The lowest BCUT2D eigenvalue weighted by molar-refractivity contribution is 0.100. The van der Waals surface area contributed by atoms with Gasteiger partial charge in [0.1, 0.15) is 0 Å². The van der Waals surface area contributed by atoms with Crippen LogP contribution in [0.3, 0.4) is 0 Å². The van der Waals surface area contributed by atoms with Gasteiger partial charge in [-0.3, -0.25) is 9.78 Å². The molecular weight excluding hydrogens is 252 g/mol. The van der Waals surface area contributed by atoms with Gasteiger partial charge in [-0.05, 0) is 42.3 Å². The van der Waals surface area contributed by atoms with E-state index in [9.17, 15) is 4.79 Å². The summed E-state index contributed by atoms with van der Waals surface area (Å²) in [6, 6.07) is 9.16. The highest BCUT2D eigenvalue weighted by Gasteiger charge is 2.12. The second-order valence-electron chi connectivity index (χ2n) is 4.67. The van der Waals surface area contributed by atoms with Crippen LogP contribution in [0.1, 0.15) is 15.9 Å². The van der Waals surface area contributed by atoms with Crippen LogP contribution in [-0.4, -0.2) is 24.5 Å². The molecule has 2 rings (SSSR count). The first-order chi connectivity index (χ1) is 9.58. The van der Waals surface area contributed by atoms with E-state index in [2.05, 4.69) is 4.98 Å². The number of carbonyl (C=O) groups excluding carboxylic acids is 1. The molecule has 0 unspecified atom stereocenters. The molecule has 1 aromatic heterocycles. The summed E-state index contributed by atoms with van der Waals surface area (Å²) in [5, 5.41) is 0. The van der Waals surface area contributed by atoms with Crippen LogP contribution >= 0.6 is 0 Å². The lowest BCUT2D eigenvalue weighted by Crippen LogP contribution is -2.24. The normalized spacial score (nSPS) is 10.2. The van der Waals surface area contributed by atoms with Crippen LogP contribution < -0.4 is 16.4 Å². The van der Waals surface area contributed by atoms with Gasteiger partial charge in [0.25, 0.3) is 5.91 Å². The zero-order valence-corrected chi connectivity index (χ0v) is 11.4. The summed E-state index contributed by atoms with van der Waals surface area (Å²) < 4.78 is 0. The molecule has 5 nitrogen and oxygen atoms in total. The van der Waals surface area contributed by atoms with E-state index in [0.29, 0.717) is 11.3 Å². The van der Waals surface area contributed by atoms with Crippen molar-refractivity contribution in [3.63, 3.8) is 0 Å². The van der Waals surface area contributed by atoms with Gasteiger partial charge in [0, 0.05) is 37.4 Å². The van der Waals surface area contributed by atoms with Gasteiger partial charge in [-0.2, -0.15) is 0 Å². The number of nitrogens with zero attached hydrogens (tertiary/aromatic N) is 2. The summed E-state index contributed by atoms with van der Waals surface area (Å²) >= 11 is 0. The minimum atomic E-state index is -0.469. The zero-order valence-electron chi connectivity index (χ0n) is 11.4. The Labute approximate surface area is 118 Å². The van der Waals surface area contributed by atoms with Gasteiger partial charge in [0.05, 0.1) is 5.56 Å². The van der Waals surface area contributed by atoms with E-state index >= 15 is 0 Å². The Kier molecular flexibility index (Phi) is 4.20. The molecule has 0 radical (unpaired) electrons. The third-order valence-electron chi connectivity index (χ3n) is 3.18. The summed E-state index contributed by atoms with van der Waals surface area (Å²) in [4.78, 5) is 17.5. The van der Waals surface area contributed by atoms with Gasteiger partial charge in [0.15, 0.2) is 0 Å². The van der Waals surface area contributed by atoms with Crippen LogP contribution in [0, 0.1) is 0 Å². The number of anilines is 2. The fourth-order valence-corrected chi connectivity index (χ4v) is 2.05. The minimum absolute atomic E-state index is 0.447. The van der Waals surface area contributed by atoms with Crippen LogP contribution in [0.4, 0.5) is 11.4 Å². The van der Waals surface area contributed by atoms with Crippen molar-refractivity contribution in [3.05, 3.63) is 53.9 Å². The predicted octanol–water partition coefficient (Wildman–Crippen LogP) is 1.44. The third kappa shape index (κ3) is 3.26. The molecule has 0 spiro atoms. The molecule has 1 aromatic carbocycles. The number of hydrogen-bond acceptors (Lipinski definition) is 4. The first-order valence-corrected chi connectivity index (χ1v) is 6.37. The monoisotopic (exact) mass is 270 g/mol. The van der Waals surface area contributed by atoms with Crippen LogP contribution in [-0.2, 0) is 6.42 Å². The maximum Gasteiger partial charge on any atom is 0.250 e. The Morgan fingerprint density at radius 2 is 1.95 bits per heavy atom. The highest BCUT2D eigenvalue weighted by Crippen LogP contribution is 2.22. The molecule has 0 aliphatic rings. The van der Waals surface area contributed by atoms with Crippen LogP contribution in [0.2, 0.25) is 0 Å². The van der Waals surface area contributed by atoms with Gasteiger partial charge in [-0.1, -0.05) is 0 Å².